The van der Waals surface area contributed by atoms with Crippen molar-refractivity contribution in [3.8, 4) is 0 Å². The molecule has 1 aromatic carbocycles. The highest BCUT2D eigenvalue weighted by Gasteiger charge is 2.36. The van der Waals surface area contributed by atoms with Gasteiger partial charge in [0.2, 0.25) is 6.23 Å². The van der Waals surface area contributed by atoms with Crippen LogP contribution < -0.4 is 24.0 Å². The predicted molar refractivity (Wildman–Crippen MR) is 52.1 cm³/mol. The largest absolute Gasteiger partial charge is 1.00 e. The van der Waals surface area contributed by atoms with Crippen molar-refractivity contribution in [2.24, 2.45) is 0 Å². The first-order chi connectivity index (χ1) is 6.20. The van der Waals surface area contributed by atoms with Crippen LogP contribution in [0.3, 0.4) is 0 Å². The van der Waals surface area contributed by atoms with Gasteiger partial charge in [-0.3, -0.25) is 4.48 Å². The maximum absolute atomic E-state index is 5.73. The lowest BCUT2D eigenvalue weighted by Gasteiger charge is -2.29. The zero-order valence-corrected chi connectivity index (χ0v) is 10.8. The average molecular weight is 305 g/mol. The van der Waals surface area contributed by atoms with Crippen LogP contribution in [0.4, 0.5) is 0 Å². The summed E-state index contributed by atoms with van der Waals surface area (Å²) < 4.78 is 6.66. The number of halogens is 1. The van der Waals surface area contributed by atoms with E-state index in [4.69, 9.17) is 4.74 Å². The van der Waals surface area contributed by atoms with Gasteiger partial charge in [0, 0.05) is 5.56 Å². The number of hydrogen-bond donors (Lipinski definition) is 0. The fourth-order valence-electron chi connectivity index (χ4n) is 1.84. The van der Waals surface area contributed by atoms with Crippen molar-refractivity contribution in [1.82, 2.24) is 0 Å². The number of nitrogens with zero attached hydrogens (tertiary/aromatic N) is 1. The summed E-state index contributed by atoms with van der Waals surface area (Å²) >= 11 is 0. The summed E-state index contributed by atoms with van der Waals surface area (Å²) in [6, 6.07) is 10.4. The number of rotatable bonds is 1. The minimum absolute atomic E-state index is 0. The standard InChI is InChI=1S/C11H16NO.HI/c1-12(2)8-9-13-11(12)10-6-4-3-5-7-10;/h3-7,11H,8-9H2,1-2H3;1H/q+1;/p-1. The van der Waals surface area contributed by atoms with Gasteiger partial charge in [0.1, 0.15) is 13.2 Å². The van der Waals surface area contributed by atoms with Crippen LogP contribution in [0, 0.1) is 0 Å². The summed E-state index contributed by atoms with van der Waals surface area (Å²) in [4.78, 5) is 0. The van der Waals surface area contributed by atoms with Gasteiger partial charge in [0.15, 0.2) is 0 Å². The van der Waals surface area contributed by atoms with Crippen LogP contribution in [0.1, 0.15) is 11.8 Å². The van der Waals surface area contributed by atoms with Crippen LogP contribution in [0.2, 0.25) is 0 Å². The Morgan fingerprint density at radius 3 is 2.36 bits per heavy atom. The molecule has 0 saturated carbocycles. The monoisotopic (exact) mass is 305 g/mol. The smallest absolute Gasteiger partial charge is 0.219 e. The normalized spacial score (nSPS) is 24.3. The first-order valence-corrected chi connectivity index (χ1v) is 4.69. The molecular weight excluding hydrogens is 289 g/mol. The number of likely N-dealkylation sites (N-methyl/N-ethyl adjacent to an activating group) is 1. The molecule has 1 atom stereocenters. The molecule has 1 unspecified atom stereocenters. The fraction of sp³-hybridized carbons (Fsp3) is 0.455. The molecule has 78 valence electrons. The second-order valence-electron chi connectivity index (χ2n) is 4.14. The Morgan fingerprint density at radius 1 is 1.21 bits per heavy atom. The van der Waals surface area contributed by atoms with Gasteiger partial charge in [-0.25, -0.2) is 0 Å². The minimum atomic E-state index is 0. The van der Waals surface area contributed by atoms with E-state index >= 15 is 0 Å². The van der Waals surface area contributed by atoms with Crippen molar-refractivity contribution < 1.29 is 33.2 Å². The van der Waals surface area contributed by atoms with Gasteiger partial charge in [-0.2, -0.15) is 0 Å². The Labute approximate surface area is 102 Å². The molecule has 0 N–H and O–H groups in total. The molecule has 1 heterocycles. The zero-order valence-electron chi connectivity index (χ0n) is 8.61. The molecule has 1 saturated heterocycles. The van der Waals surface area contributed by atoms with Crippen molar-refractivity contribution in [2.75, 3.05) is 27.2 Å². The maximum atomic E-state index is 5.73. The van der Waals surface area contributed by atoms with Crippen LogP contribution in [0.25, 0.3) is 0 Å². The van der Waals surface area contributed by atoms with Gasteiger partial charge < -0.3 is 28.7 Å². The van der Waals surface area contributed by atoms with E-state index in [1.807, 2.05) is 6.07 Å². The molecule has 2 nitrogen and oxygen atoms in total. The van der Waals surface area contributed by atoms with E-state index in [2.05, 4.69) is 38.4 Å². The summed E-state index contributed by atoms with van der Waals surface area (Å²) in [5.74, 6) is 0. The second kappa shape index (κ2) is 4.59. The molecule has 1 aliphatic rings. The summed E-state index contributed by atoms with van der Waals surface area (Å²) in [7, 11) is 4.43. The summed E-state index contributed by atoms with van der Waals surface area (Å²) in [5, 5.41) is 0. The molecule has 1 aromatic rings. The molecule has 14 heavy (non-hydrogen) atoms. The number of ether oxygens (including phenoxy) is 1. The molecule has 0 aromatic heterocycles. The number of hydrogen-bond acceptors (Lipinski definition) is 1. The van der Waals surface area contributed by atoms with E-state index in [1.54, 1.807) is 0 Å². The molecule has 2 rings (SSSR count). The Balaban J connectivity index is 0.000000980. The van der Waals surface area contributed by atoms with E-state index < -0.39 is 0 Å². The van der Waals surface area contributed by atoms with Gasteiger partial charge in [-0.05, 0) is 0 Å². The fourth-order valence-corrected chi connectivity index (χ4v) is 1.84. The van der Waals surface area contributed by atoms with Crippen molar-refractivity contribution >= 4 is 0 Å². The van der Waals surface area contributed by atoms with Gasteiger partial charge in [-0.15, -0.1) is 0 Å². The van der Waals surface area contributed by atoms with E-state index in [1.165, 1.54) is 5.56 Å². The highest BCUT2D eigenvalue weighted by molar-refractivity contribution is 5.16. The molecule has 0 spiro atoms. The summed E-state index contributed by atoms with van der Waals surface area (Å²) in [5.41, 5.74) is 1.28. The Kier molecular flexibility index (Phi) is 3.92. The van der Waals surface area contributed by atoms with Gasteiger partial charge >= 0.3 is 0 Å². The van der Waals surface area contributed by atoms with E-state index in [0.29, 0.717) is 0 Å². The van der Waals surface area contributed by atoms with Crippen molar-refractivity contribution in [3.63, 3.8) is 0 Å². The van der Waals surface area contributed by atoms with Crippen LogP contribution in [-0.4, -0.2) is 31.7 Å². The first kappa shape index (κ1) is 11.9. The van der Waals surface area contributed by atoms with Crippen molar-refractivity contribution in [2.45, 2.75) is 6.23 Å². The molecule has 1 fully saturated rings. The highest BCUT2D eigenvalue weighted by atomic mass is 127. The predicted octanol–water partition coefficient (Wildman–Crippen LogP) is -1.20. The average Bonchev–Trinajstić information content (AvgIpc) is 2.47. The lowest BCUT2D eigenvalue weighted by atomic mass is 10.2. The summed E-state index contributed by atoms with van der Waals surface area (Å²) in [6.07, 6.45) is 0.223. The van der Waals surface area contributed by atoms with Crippen molar-refractivity contribution in [3.05, 3.63) is 35.9 Å². The minimum Gasteiger partial charge on any atom is -1.00 e. The van der Waals surface area contributed by atoms with Crippen LogP contribution in [0.15, 0.2) is 30.3 Å². The molecule has 0 aliphatic carbocycles. The lowest BCUT2D eigenvalue weighted by Crippen LogP contribution is -3.00. The van der Waals surface area contributed by atoms with Gasteiger partial charge in [0.25, 0.3) is 0 Å². The Bertz CT molecular complexity index is 287. The third-order valence-electron chi connectivity index (χ3n) is 2.66. The first-order valence-electron chi connectivity index (χ1n) is 4.69. The molecule has 0 radical (unpaired) electrons. The number of benzene rings is 1. The van der Waals surface area contributed by atoms with Gasteiger partial charge in [-0.1, -0.05) is 30.3 Å². The molecule has 3 heteroatoms. The van der Waals surface area contributed by atoms with E-state index in [0.717, 1.165) is 17.6 Å². The van der Waals surface area contributed by atoms with Crippen LogP contribution in [0.5, 0.6) is 0 Å². The quantitative estimate of drug-likeness (QED) is 0.468. The van der Waals surface area contributed by atoms with Crippen LogP contribution in [-0.2, 0) is 4.74 Å². The zero-order chi connectivity index (χ0) is 9.31. The third kappa shape index (κ3) is 2.27. The maximum Gasteiger partial charge on any atom is 0.219 e. The Morgan fingerprint density at radius 2 is 1.86 bits per heavy atom. The lowest BCUT2D eigenvalue weighted by molar-refractivity contribution is -0.920. The SMILES string of the molecule is C[N+]1(C)CCOC1c1ccccc1.[I-]. The molecule has 1 aliphatic heterocycles. The highest BCUT2D eigenvalue weighted by Crippen LogP contribution is 2.30. The molecular formula is C11H16INO. The Hall–Kier alpha value is -0.130. The third-order valence-corrected chi connectivity index (χ3v) is 2.66. The number of quaternary nitrogens is 1. The van der Waals surface area contributed by atoms with Crippen molar-refractivity contribution in [1.29, 1.82) is 0 Å². The van der Waals surface area contributed by atoms with Crippen LogP contribution >= 0.6 is 0 Å². The molecule has 0 bridgehead atoms. The summed E-state index contributed by atoms with van der Waals surface area (Å²) in [6.45, 7) is 1.96. The van der Waals surface area contributed by atoms with E-state index in [9.17, 15) is 0 Å². The second-order valence-corrected chi connectivity index (χ2v) is 4.14. The van der Waals surface area contributed by atoms with E-state index in [-0.39, 0.29) is 30.2 Å². The van der Waals surface area contributed by atoms with Gasteiger partial charge in [0.05, 0.1) is 14.1 Å². The molecule has 0 amide bonds. The topological polar surface area (TPSA) is 9.23 Å².